The minimum absolute atomic E-state index is 0.165. The molecule has 1 aromatic carbocycles. The molecule has 5 heteroatoms. The molecule has 1 aliphatic carbocycles. The van der Waals surface area contributed by atoms with Gasteiger partial charge in [0.15, 0.2) is 0 Å². The van der Waals surface area contributed by atoms with E-state index in [1.54, 1.807) is 17.0 Å². The summed E-state index contributed by atoms with van der Waals surface area (Å²) < 4.78 is 30.8. The van der Waals surface area contributed by atoms with E-state index in [0.717, 1.165) is 37.8 Å². The fourth-order valence-corrected chi connectivity index (χ4v) is 5.71. The highest BCUT2D eigenvalue weighted by Crippen LogP contribution is 2.53. The largest absolute Gasteiger partial charge is 0.337 e. The first-order valence-electron chi connectivity index (χ1n) is 8.95. The van der Waals surface area contributed by atoms with E-state index in [-0.39, 0.29) is 21.8 Å². The van der Waals surface area contributed by atoms with E-state index in [1.807, 2.05) is 19.1 Å². The normalized spacial score (nSPS) is 37.0. The Morgan fingerprint density at radius 3 is 2.46 bits per heavy atom. The third kappa shape index (κ3) is 3.26. The van der Waals surface area contributed by atoms with Crippen LogP contribution in [0.3, 0.4) is 0 Å². The van der Waals surface area contributed by atoms with Crippen molar-refractivity contribution in [1.29, 1.82) is 0 Å². The van der Waals surface area contributed by atoms with Crippen molar-refractivity contribution in [2.75, 3.05) is 20.1 Å². The van der Waals surface area contributed by atoms with Gasteiger partial charge in [-0.3, -0.25) is 4.18 Å². The Balaban J connectivity index is 1.75. The van der Waals surface area contributed by atoms with Crippen LogP contribution < -0.4 is 4.90 Å². The van der Waals surface area contributed by atoms with Crippen LogP contribution in [0.1, 0.15) is 45.1 Å². The number of likely N-dealkylation sites (tertiary alicyclic amines) is 1. The molecule has 1 saturated carbocycles. The predicted octanol–water partition coefficient (Wildman–Crippen LogP) is 2.18. The summed E-state index contributed by atoms with van der Waals surface area (Å²) in [7, 11) is -1.42. The summed E-state index contributed by atoms with van der Waals surface area (Å²) in [6, 6.07) is 6.90. The minimum atomic E-state index is -3.68. The quantitative estimate of drug-likeness (QED) is 0.849. The third-order valence-corrected chi connectivity index (χ3v) is 7.90. The van der Waals surface area contributed by atoms with Crippen molar-refractivity contribution in [1.82, 2.24) is 0 Å². The molecule has 0 bridgehead atoms. The molecule has 1 N–H and O–H groups in total. The van der Waals surface area contributed by atoms with E-state index in [0.29, 0.717) is 0 Å². The van der Waals surface area contributed by atoms with Crippen LogP contribution in [0, 0.1) is 17.8 Å². The molecule has 1 aliphatic heterocycles. The van der Waals surface area contributed by atoms with E-state index in [1.165, 1.54) is 6.54 Å². The lowest BCUT2D eigenvalue weighted by molar-refractivity contribution is -0.897. The Kier molecular flexibility index (Phi) is 4.56. The standard InChI is InChI=1S/C19H29NO3S/c1-15-5-7-17(8-6-15)24(21,22)23-16-9-10-19(3)14-20(4)12-11-18(19,2)13-16/h5-8,16H,9-14H2,1-4H3/p+1/t16-,18+,19+/m1/s1. The summed E-state index contributed by atoms with van der Waals surface area (Å²) in [6.07, 6.45) is 3.63. The summed E-state index contributed by atoms with van der Waals surface area (Å²) in [4.78, 5) is 1.85. The summed E-state index contributed by atoms with van der Waals surface area (Å²) in [5, 5.41) is 0. The van der Waals surface area contributed by atoms with Gasteiger partial charge in [-0.15, -0.1) is 0 Å². The maximum absolute atomic E-state index is 12.6. The van der Waals surface area contributed by atoms with Crippen LogP contribution in [0.2, 0.25) is 0 Å². The van der Waals surface area contributed by atoms with E-state index >= 15 is 0 Å². The molecule has 1 aromatic rings. The number of aryl methyl sites for hydroxylation is 1. The van der Waals surface area contributed by atoms with Crippen molar-refractivity contribution in [2.24, 2.45) is 10.8 Å². The maximum atomic E-state index is 12.6. The number of benzene rings is 1. The smallest absolute Gasteiger partial charge is 0.297 e. The number of piperidine rings is 1. The first-order chi connectivity index (χ1) is 11.1. The molecule has 0 spiro atoms. The lowest BCUT2D eigenvalue weighted by Crippen LogP contribution is -3.12. The number of hydrogen-bond acceptors (Lipinski definition) is 3. The van der Waals surface area contributed by atoms with Gasteiger partial charge in [-0.25, -0.2) is 0 Å². The average molecular weight is 353 g/mol. The molecule has 1 unspecified atom stereocenters. The van der Waals surface area contributed by atoms with Gasteiger partial charge >= 0.3 is 0 Å². The molecule has 3 rings (SSSR count). The minimum Gasteiger partial charge on any atom is -0.337 e. The van der Waals surface area contributed by atoms with Crippen molar-refractivity contribution >= 4 is 10.1 Å². The van der Waals surface area contributed by atoms with Crippen LogP contribution in [0.15, 0.2) is 29.2 Å². The van der Waals surface area contributed by atoms with Gasteiger partial charge in [0, 0.05) is 11.8 Å². The Morgan fingerprint density at radius 2 is 1.79 bits per heavy atom. The highest BCUT2D eigenvalue weighted by Gasteiger charge is 2.54. The molecular weight excluding hydrogens is 322 g/mol. The van der Waals surface area contributed by atoms with Crippen LogP contribution in [-0.4, -0.2) is 34.7 Å². The lowest BCUT2D eigenvalue weighted by atomic mass is 9.54. The van der Waals surface area contributed by atoms with Gasteiger partial charge in [-0.05, 0) is 43.7 Å². The topological polar surface area (TPSA) is 47.8 Å². The van der Waals surface area contributed by atoms with Gasteiger partial charge in [0.1, 0.15) is 0 Å². The Morgan fingerprint density at radius 1 is 1.12 bits per heavy atom. The fourth-order valence-electron chi connectivity index (χ4n) is 4.60. The SMILES string of the molecule is Cc1ccc(S(=O)(=O)O[C@@H]2CC[C@@]3(C)C[NH+](C)CC[C@@]3(C)C2)cc1. The second-order valence-electron chi connectivity index (χ2n) is 8.48. The first-order valence-corrected chi connectivity index (χ1v) is 10.4. The summed E-state index contributed by atoms with van der Waals surface area (Å²) in [5.74, 6) is 0. The molecule has 0 radical (unpaired) electrons. The van der Waals surface area contributed by atoms with Crippen LogP contribution in [0.5, 0.6) is 0 Å². The zero-order valence-electron chi connectivity index (χ0n) is 15.3. The van der Waals surface area contributed by atoms with Gasteiger partial charge in [-0.1, -0.05) is 31.5 Å². The Hall–Kier alpha value is -0.910. The molecule has 24 heavy (non-hydrogen) atoms. The van der Waals surface area contributed by atoms with Crippen LogP contribution in [0.4, 0.5) is 0 Å². The summed E-state index contributed by atoms with van der Waals surface area (Å²) in [5.41, 5.74) is 1.49. The van der Waals surface area contributed by atoms with Gasteiger partial charge in [0.2, 0.25) is 0 Å². The molecule has 1 heterocycles. The zero-order valence-corrected chi connectivity index (χ0v) is 16.1. The van der Waals surface area contributed by atoms with Crippen molar-refractivity contribution in [3.63, 3.8) is 0 Å². The number of quaternary nitrogens is 1. The van der Waals surface area contributed by atoms with Crippen molar-refractivity contribution in [3.05, 3.63) is 29.8 Å². The van der Waals surface area contributed by atoms with Crippen molar-refractivity contribution in [2.45, 2.75) is 57.5 Å². The monoisotopic (exact) mass is 352 g/mol. The molecule has 1 saturated heterocycles. The van der Waals surface area contributed by atoms with Crippen LogP contribution in [0.25, 0.3) is 0 Å². The maximum Gasteiger partial charge on any atom is 0.297 e. The number of hydrogen-bond donors (Lipinski definition) is 1. The van der Waals surface area contributed by atoms with E-state index in [2.05, 4.69) is 20.9 Å². The summed E-state index contributed by atoms with van der Waals surface area (Å²) >= 11 is 0. The molecule has 4 nitrogen and oxygen atoms in total. The lowest BCUT2D eigenvalue weighted by Gasteiger charge is -2.55. The molecular formula is C19H30NO3S+. The van der Waals surface area contributed by atoms with E-state index < -0.39 is 10.1 Å². The van der Waals surface area contributed by atoms with Gasteiger partial charge in [0.25, 0.3) is 10.1 Å². The first kappa shape index (κ1) is 17.9. The van der Waals surface area contributed by atoms with E-state index in [4.69, 9.17) is 4.18 Å². The zero-order chi connectivity index (χ0) is 17.6. The molecule has 2 fully saturated rings. The van der Waals surface area contributed by atoms with Gasteiger partial charge in [0.05, 0.1) is 31.1 Å². The molecule has 134 valence electrons. The molecule has 2 aliphatic rings. The summed E-state index contributed by atoms with van der Waals surface area (Å²) in [6.45, 7) is 8.97. The Bertz CT molecular complexity index is 700. The van der Waals surface area contributed by atoms with Crippen LogP contribution >= 0.6 is 0 Å². The second-order valence-corrected chi connectivity index (χ2v) is 10.1. The highest BCUT2D eigenvalue weighted by atomic mass is 32.2. The predicted molar refractivity (Wildman–Crippen MR) is 94.5 cm³/mol. The number of rotatable bonds is 3. The fraction of sp³-hybridized carbons (Fsp3) is 0.684. The number of nitrogens with one attached hydrogen (secondary N) is 1. The van der Waals surface area contributed by atoms with Crippen molar-refractivity contribution < 1.29 is 17.5 Å². The van der Waals surface area contributed by atoms with Gasteiger partial charge in [-0.2, -0.15) is 8.42 Å². The number of fused-ring (bicyclic) bond motifs is 1. The molecule has 0 amide bonds. The third-order valence-electron chi connectivity index (χ3n) is 6.52. The van der Waals surface area contributed by atoms with Crippen molar-refractivity contribution in [3.8, 4) is 0 Å². The Labute approximate surface area is 146 Å². The average Bonchev–Trinajstić information content (AvgIpc) is 2.49. The molecule has 0 aromatic heterocycles. The second kappa shape index (κ2) is 6.11. The van der Waals surface area contributed by atoms with E-state index in [9.17, 15) is 8.42 Å². The van der Waals surface area contributed by atoms with Crippen LogP contribution in [-0.2, 0) is 14.3 Å². The molecule has 4 atom stereocenters. The van der Waals surface area contributed by atoms with Gasteiger partial charge < -0.3 is 4.90 Å². The highest BCUT2D eigenvalue weighted by molar-refractivity contribution is 7.86.